The SMILES string of the molecule is Cc1cccc(CNc2ccc3cc(Br)ccc3c2)n1. The third-order valence-corrected chi connectivity index (χ3v) is 3.72. The Morgan fingerprint density at radius 3 is 2.65 bits per heavy atom. The van der Waals surface area contributed by atoms with Crippen molar-refractivity contribution in [3.8, 4) is 0 Å². The summed E-state index contributed by atoms with van der Waals surface area (Å²) in [5.74, 6) is 0. The summed E-state index contributed by atoms with van der Waals surface area (Å²) >= 11 is 3.50. The first kappa shape index (κ1) is 13.1. The van der Waals surface area contributed by atoms with Crippen molar-refractivity contribution in [1.82, 2.24) is 4.98 Å². The maximum atomic E-state index is 4.49. The maximum absolute atomic E-state index is 4.49. The summed E-state index contributed by atoms with van der Waals surface area (Å²) in [7, 11) is 0. The van der Waals surface area contributed by atoms with Gasteiger partial charge in [-0.3, -0.25) is 4.98 Å². The first-order chi connectivity index (χ1) is 9.70. The quantitative estimate of drug-likeness (QED) is 0.739. The van der Waals surface area contributed by atoms with Gasteiger partial charge in [-0.15, -0.1) is 0 Å². The van der Waals surface area contributed by atoms with Crippen LogP contribution in [0.1, 0.15) is 11.4 Å². The molecule has 0 aliphatic rings. The number of nitrogens with one attached hydrogen (secondary N) is 1. The number of hydrogen-bond acceptors (Lipinski definition) is 2. The van der Waals surface area contributed by atoms with Crippen molar-refractivity contribution in [2.75, 3.05) is 5.32 Å². The molecule has 0 amide bonds. The summed E-state index contributed by atoms with van der Waals surface area (Å²) in [6.07, 6.45) is 0. The lowest BCUT2D eigenvalue weighted by atomic mass is 10.1. The molecular weight excluding hydrogens is 312 g/mol. The molecule has 1 N–H and O–H groups in total. The molecule has 2 nitrogen and oxygen atoms in total. The predicted molar refractivity (Wildman–Crippen MR) is 87.9 cm³/mol. The first-order valence-electron chi connectivity index (χ1n) is 6.56. The van der Waals surface area contributed by atoms with Gasteiger partial charge in [0.15, 0.2) is 0 Å². The van der Waals surface area contributed by atoms with E-state index in [4.69, 9.17) is 0 Å². The van der Waals surface area contributed by atoms with Crippen molar-refractivity contribution in [3.63, 3.8) is 0 Å². The van der Waals surface area contributed by atoms with E-state index in [2.05, 4.69) is 62.6 Å². The molecule has 3 heteroatoms. The van der Waals surface area contributed by atoms with Gasteiger partial charge in [0.2, 0.25) is 0 Å². The zero-order valence-electron chi connectivity index (χ0n) is 11.2. The Labute approximate surface area is 127 Å². The van der Waals surface area contributed by atoms with Crippen LogP contribution in [0.2, 0.25) is 0 Å². The minimum atomic E-state index is 0.740. The van der Waals surface area contributed by atoms with E-state index in [0.717, 1.165) is 28.1 Å². The number of anilines is 1. The fourth-order valence-corrected chi connectivity index (χ4v) is 2.60. The number of halogens is 1. The average molecular weight is 327 g/mol. The second kappa shape index (κ2) is 5.63. The van der Waals surface area contributed by atoms with Gasteiger partial charge in [0.25, 0.3) is 0 Å². The molecule has 1 aromatic heterocycles. The second-order valence-electron chi connectivity index (χ2n) is 4.83. The minimum Gasteiger partial charge on any atom is -0.379 e. The van der Waals surface area contributed by atoms with Gasteiger partial charge in [0, 0.05) is 15.9 Å². The van der Waals surface area contributed by atoms with Crippen LogP contribution in [0, 0.1) is 6.92 Å². The van der Waals surface area contributed by atoms with Crippen LogP contribution in [0.4, 0.5) is 5.69 Å². The summed E-state index contributed by atoms with van der Waals surface area (Å²) in [5.41, 5.74) is 3.22. The van der Waals surface area contributed by atoms with Crippen molar-refractivity contribution < 1.29 is 0 Å². The van der Waals surface area contributed by atoms with Gasteiger partial charge in [-0.1, -0.05) is 34.1 Å². The van der Waals surface area contributed by atoms with E-state index in [-0.39, 0.29) is 0 Å². The standard InChI is InChI=1S/C17H15BrN2/c1-12-3-2-4-17(20-12)11-19-16-8-6-13-9-15(18)7-5-14(13)10-16/h2-10,19H,11H2,1H3. The summed E-state index contributed by atoms with van der Waals surface area (Å²) in [6, 6.07) is 18.8. The molecule has 20 heavy (non-hydrogen) atoms. The Hall–Kier alpha value is -1.87. The lowest BCUT2D eigenvalue weighted by Gasteiger charge is -2.08. The highest BCUT2D eigenvalue weighted by Crippen LogP contribution is 2.23. The fourth-order valence-electron chi connectivity index (χ4n) is 2.22. The van der Waals surface area contributed by atoms with E-state index in [1.165, 1.54) is 10.8 Å². The third kappa shape index (κ3) is 2.99. The molecule has 0 saturated carbocycles. The van der Waals surface area contributed by atoms with Gasteiger partial charge in [-0.05, 0) is 54.1 Å². The molecule has 3 aromatic rings. The zero-order valence-corrected chi connectivity index (χ0v) is 12.8. The van der Waals surface area contributed by atoms with E-state index in [0.29, 0.717) is 0 Å². The fraction of sp³-hybridized carbons (Fsp3) is 0.118. The Morgan fingerprint density at radius 2 is 1.80 bits per heavy atom. The number of aromatic nitrogens is 1. The van der Waals surface area contributed by atoms with Gasteiger partial charge in [0.05, 0.1) is 12.2 Å². The molecule has 1 heterocycles. The molecule has 0 aliphatic heterocycles. The van der Waals surface area contributed by atoms with Crippen LogP contribution in [0.3, 0.4) is 0 Å². The van der Waals surface area contributed by atoms with Crippen molar-refractivity contribution in [1.29, 1.82) is 0 Å². The molecule has 0 fully saturated rings. The van der Waals surface area contributed by atoms with Crippen molar-refractivity contribution in [3.05, 3.63) is 70.5 Å². The van der Waals surface area contributed by atoms with Crippen LogP contribution in [0.25, 0.3) is 10.8 Å². The number of hydrogen-bond donors (Lipinski definition) is 1. The van der Waals surface area contributed by atoms with Gasteiger partial charge in [-0.2, -0.15) is 0 Å². The Morgan fingerprint density at radius 1 is 1.00 bits per heavy atom. The number of rotatable bonds is 3. The highest BCUT2D eigenvalue weighted by Gasteiger charge is 1.99. The normalized spacial score (nSPS) is 10.7. The Kier molecular flexibility index (Phi) is 3.70. The summed E-state index contributed by atoms with van der Waals surface area (Å²) in [4.78, 5) is 4.49. The molecule has 0 aliphatic carbocycles. The van der Waals surface area contributed by atoms with Gasteiger partial charge < -0.3 is 5.32 Å². The molecule has 100 valence electrons. The molecular formula is C17H15BrN2. The smallest absolute Gasteiger partial charge is 0.0597 e. The summed E-state index contributed by atoms with van der Waals surface area (Å²) in [6.45, 7) is 2.75. The Balaban J connectivity index is 1.79. The number of aryl methyl sites for hydroxylation is 1. The zero-order chi connectivity index (χ0) is 13.9. The predicted octanol–water partition coefficient (Wildman–Crippen LogP) is 4.92. The van der Waals surface area contributed by atoms with Crippen LogP contribution in [-0.2, 0) is 6.54 Å². The molecule has 0 unspecified atom stereocenters. The van der Waals surface area contributed by atoms with Crippen molar-refractivity contribution >= 4 is 32.4 Å². The van der Waals surface area contributed by atoms with E-state index in [1.807, 2.05) is 25.1 Å². The van der Waals surface area contributed by atoms with E-state index in [1.54, 1.807) is 0 Å². The van der Waals surface area contributed by atoms with Gasteiger partial charge in [0.1, 0.15) is 0 Å². The number of nitrogens with zero attached hydrogens (tertiary/aromatic N) is 1. The first-order valence-corrected chi connectivity index (χ1v) is 7.36. The molecule has 0 spiro atoms. The van der Waals surface area contributed by atoms with E-state index >= 15 is 0 Å². The van der Waals surface area contributed by atoms with E-state index < -0.39 is 0 Å². The monoisotopic (exact) mass is 326 g/mol. The van der Waals surface area contributed by atoms with Crippen LogP contribution >= 0.6 is 15.9 Å². The van der Waals surface area contributed by atoms with Crippen molar-refractivity contribution in [2.24, 2.45) is 0 Å². The molecule has 2 aromatic carbocycles. The van der Waals surface area contributed by atoms with Crippen LogP contribution in [0.5, 0.6) is 0 Å². The van der Waals surface area contributed by atoms with Crippen molar-refractivity contribution in [2.45, 2.75) is 13.5 Å². The van der Waals surface area contributed by atoms with Crippen LogP contribution < -0.4 is 5.32 Å². The second-order valence-corrected chi connectivity index (χ2v) is 5.75. The maximum Gasteiger partial charge on any atom is 0.0597 e. The van der Waals surface area contributed by atoms with Crippen LogP contribution in [0.15, 0.2) is 59.1 Å². The highest BCUT2D eigenvalue weighted by atomic mass is 79.9. The van der Waals surface area contributed by atoms with Crippen LogP contribution in [-0.4, -0.2) is 4.98 Å². The lowest BCUT2D eigenvalue weighted by Crippen LogP contribution is -2.02. The summed E-state index contributed by atoms with van der Waals surface area (Å²) in [5, 5.41) is 5.89. The molecule has 0 atom stereocenters. The molecule has 0 saturated heterocycles. The lowest BCUT2D eigenvalue weighted by molar-refractivity contribution is 1.02. The molecule has 0 bridgehead atoms. The average Bonchev–Trinajstić information content (AvgIpc) is 2.45. The number of fused-ring (bicyclic) bond motifs is 1. The minimum absolute atomic E-state index is 0.740. The highest BCUT2D eigenvalue weighted by molar-refractivity contribution is 9.10. The molecule has 0 radical (unpaired) electrons. The van der Waals surface area contributed by atoms with Gasteiger partial charge >= 0.3 is 0 Å². The third-order valence-electron chi connectivity index (χ3n) is 3.22. The molecule has 3 rings (SSSR count). The number of pyridine rings is 1. The topological polar surface area (TPSA) is 24.9 Å². The largest absolute Gasteiger partial charge is 0.379 e. The summed E-state index contributed by atoms with van der Waals surface area (Å²) < 4.78 is 1.11. The van der Waals surface area contributed by atoms with Gasteiger partial charge in [-0.25, -0.2) is 0 Å². The number of benzene rings is 2. The Bertz CT molecular complexity index is 753. The van der Waals surface area contributed by atoms with E-state index in [9.17, 15) is 0 Å².